The van der Waals surface area contributed by atoms with Crippen LogP contribution in [0.4, 0.5) is 5.95 Å². The molecule has 0 aromatic carbocycles. The summed E-state index contributed by atoms with van der Waals surface area (Å²) in [6.07, 6.45) is 8.32. The van der Waals surface area contributed by atoms with E-state index < -0.39 is 0 Å². The third-order valence-electron chi connectivity index (χ3n) is 4.15. The van der Waals surface area contributed by atoms with Crippen LogP contribution in [-0.4, -0.2) is 28.3 Å². The summed E-state index contributed by atoms with van der Waals surface area (Å²) in [5.41, 5.74) is 0.0661. The van der Waals surface area contributed by atoms with Gasteiger partial charge in [-0.15, -0.1) is 0 Å². The lowest BCUT2D eigenvalue weighted by atomic mass is 9.86. The van der Waals surface area contributed by atoms with Crippen molar-refractivity contribution in [2.24, 2.45) is 0 Å². The Kier molecular flexibility index (Phi) is 4.27. The summed E-state index contributed by atoms with van der Waals surface area (Å²) in [6.45, 7) is 8.32. The van der Waals surface area contributed by atoms with Crippen LogP contribution in [0.2, 0.25) is 0 Å². The number of nitrogens with zero attached hydrogens (tertiary/aromatic N) is 2. The molecule has 0 aliphatic carbocycles. The molecule has 0 bridgehead atoms. The third kappa shape index (κ3) is 2.53. The van der Waals surface area contributed by atoms with Crippen LogP contribution in [0.5, 0.6) is 0 Å². The summed E-state index contributed by atoms with van der Waals surface area (Å²) in [6, 6.07) is 0.509. The highest BCUT2D eigenvalue weighted by Gasteiger charge is 2.35. The number of imidazole rings is 1. The van der Waals surface area contributed by atoms with Crippen LogP contribution in [0.15, 0.2) is 12.4 Å². The summed E-state index contributed by atoms with van der Waals surface area (Å²) in [4.78, 5) is 4.39. The predicted molar refractivity (Wildman–Crippen MR) is 73.9 cm³/mol. The largest absolute Gasteiger partial charge is 0.375 e. The van der Waals surface area contributed by atoms with Crippen LogP contribution < -0.4 is 5.32 Å². The monoisotopic (exact) mass is 251 g/mol. The fourth-order valence-electron chi connectivity index (χ4n) is 2.88. The zero-order valence-corrected chi connectivity index (χ0v) is 11.8. The van der Waals surface area contributed by atoms with Gasteiger partial charge in [-0.05, 0) is 32.6 Å². The van der Waals surface area contributed by atoms with Crippen molar-refractivity contribution in [3.63, 3.8) is 0 Å². The summed E-state index contributed by atoms with van der Waals surface area (Å²) in [7, 11) is 0. The second-order valence-corrected chi connectivity index (χ2v) is 5.07. The molecule has 1 aromatic heterocycles. The van der Waals surface area contributed by atoms with E-state index in [9.17, 15) is 0 Å². The highest BCUT2D eigenvalue weighted by Crippen LogP contribution is 2.38. The van der Waals surface area contributed by atoms with Gasteiger partial charge in [0.2, 0.25) is 5.95 Å². The molecule has 0 saturated carbocycles. The smallest absolute Gasteiger partial charge is 0.203 e. The lowest BCUT2D eigenvalue weighted by Gasteiger charge is -2.40. The van der Waals surface area contributed by atoms with Gasteiger partial charge in [-0.2, -0.15) is 0 Å². The fraction of sp³-hybridized carbons (Fsp3) is 0.786. The molecule has 18 heavy (non-hydrogen) atoms. The van der Waals surface area contributed by atoms with E-state index in [1.165, 1.54) is 0 Å². The molecule has 0 radical (unpaired) electrons. The molecule has 1 saturated heterocycles. The standard InChI is InChI=1S/C14H25N3O/c1-4-14(5-2)11-12(7-10-18-14)17-9-8-16-13(17)15-6-3/h8-9,12H,4-7,10-11H2,1-3H3,(H,15,16). The molecule has 0 spiro atoms. The summed E-state index contributed by atoms with van der Waals surface area (Å²) >= 11 is 0. The quantitative estimate of drug-likeness (QED) is 0.873. The lowest BCUT2D eigenvalue weighted by molar-refractivity contribution is -0.0984. The molecule has 2 rings (SSSR count). The number of hydrogen-bond donors (Lipinski definition) is 1. The summed E-state index contributed by atoms with van der Waals surface area (Å²) < 4.78 is 8.32. The van der Waals surface area contributed by atoms with Crippen molar-refractivity contribution in [1.82, 2.24) is 9.55 Å². The van der Waals surface area contributed by atoms with Gasteiger partial charge in [0.15, 0.2) is 0 Å². The van der Waals surface area contributed by atoms with Crippen LogP contribution in [-0.2, 0) is 4.74 Å². The van der Waals surface area contributed by atoms with Crippen molar-refractivity contribution in [1.29, 1.82) is 0 Å². The molecule has 1 unspecified atom stereocenters. The number of hydrogen-bond acceptors (Lipinski definition) is 3. The van der Waals surface area contributed by atoms with E-state index >= 15 is 0 Å². The van der Waals surface area contributed by atoms with Crippen molar-refractivity contribution in [3.05, 3.63) is 12.4 Å². The van der Waals surface area contributed by atoms with Crippen molar-refractivity contribution in [3.8, 4) is 0 Å². The first-order valence-electron chi connectivity index (χ1n) is 7.15. The molecule has 1 aliphatic heterocycles. The Labute approximate surface area is 110 Å². The van der Waals surface area contributed by atoms with Crippen LogP contribution in [0.1, 0.15) is 52.5 Å². The van der Waals surface area contributed by atoms with Gasteiger partial charge in [0.1, 0.15) is 0 Å². The number of rotatable bonds is 5. The maximum Gasteiger partial charge on any atom is 0.203 e. The number of nitrogens with one attached hydrogen (secondary N) is 1. The minimum absolute atomic E-state index is 0.0661. The molecule has 102 valence electrons. The zero-order chi connectivity index (χ0) is 13.0. The Balaban J connectivity index is 2.15. The van der Waals surface area contributed by atoms with Crippen LogP contribution in [0.25, 0.3) is 0 Å². The van der Waals surface area contributed by atoms with Crippen molar-refractivity contribution < 1.29 is 4.74 Å². The van der Waals surface area contributed by atoms with E-state index in [0.29, 0.717) is 6.04 Å². The average Bonchev–Trinajstić information content (AvgIpc) is 2.87. The summed E-state index contributed by atoms with van der Waals surface area (Å²) in [5.74, 6) is 0.991. The molecule has 1 aromatic rings. The van der Waals surface area contributed by atoms with Gasteiger partial charge in [-0.3, -0.25) is 0 Å². The topological polar surface area (TPSA) is 39.1 Å². The highest BCUT2D eigenvalue weighted by atomic mass is 16.5. The van der Waals surface area contributed by atoms with Crippen LogP contribution >= 0.6 is 0 Å². The molecular weight excluding hydrogens is 226 g/mol. The first kappa shape index (κ1) is 13.4. The SMILES string of the molecule is CCNc1nccn1C1CCOC(CC)(CC)C1. The third-order valence-corrected chi connectivity index (χ3v) is 4.15. The van der Waals surface area contributed by atoms with Gasteiger partial charge in [-0.1, -0.05) is 13.8 Å². The predicted octanol–water partition coefficient (Wildman–Crippen LogP) is 3.23. The van der Waals surface area contributed by atoms with Crippen molar-refractivity contribution in [2.45, 2.75) is 58.1 Å². The lowest BCUT2D eigenvalue weighted by Crippen LogP contribution is -2.39. The average molecular weight is 251 g/mol. The molecule has 0 amide bonds. The van der Waals surface area contributed by atoms with E-state index in [1.54, 1.807) is 0 Å². The maximum absolute atomic E-state index is 6.04. The minimum Gasteiger partial charge on any atom is -0.375 e. The van der Waals surface area contributed by atoms with E-state index in [0.717, 1.165) is 44.8 Å². The Morgan fingerprint density at radius 3 is 2.89 bits per heavy atom. The minimum atomic E-state index is 0.0661. The molecular formula is C14H25N3O. The molecule has 4 nitrogen and oxygen atoms in total. The van der Waals surface area contributed by atoms with Gasteiger partial charge in [0.25, 0.3) is 0 Å². The van der Waals surface area contributed by atoms with E-state index in [1.807, 2.05) is 6.20 Å². The number of anilines is 1. The van der Waals surface area contributed by atoms with Gasteiger partial charge < -0.3 is 14.6 Å². The Hall–Kier alpha value is -1.03. The van der Waals surface area contributed by atoms with Crippen LogP contribution in [0, 0.1) is 0 Å². The molecule has 1 N–H and O–H groups in total. The Morgan fingerprint density at radius 2 is 2.22 bits per heavy atom. The normalized spacial score (nSPS) is 22.9. The first-order valence-corrected chi connectivity index (χ1v) is 7.15. The Bertz CT molecular complexity index is 371. The van der Waals surface area contributed by atoms with Gasteiger partial charge in [0.05, 0.1) is 5.60 Å². The van der Waals surface area contributed by atoms with E-state index in [2.05, 4.69) is 41.8 Å². The molecule has 1 fully saturated rings. The maximum atomic E-state index is 6.04. The second kappa shape index (κ2) is 5.74. The molecule has 2 heterocycles. The molecule has 1 aliphatic rings. The van der Waals surface area contributed by atoms with Gasteiger partial charge in [0, 0.05) is 31.6 Å². The molecule has 4 heteroatoms. The number of ether oxygens (including phenoxy) is 1. The van der Waals surface area contributed by atoms with E-state index in [-0.39, 0.29) is 5.60 Å². The highest BCUT2D eigenvalue weighted by molar-refractivity contribution is 5.26. The van der Waals surface area contributed by atoms with Gasteiger partial charge in [-0.25, -0.2) is 4.98 Å². The van der Waals surface area contributed by atoms with Crippen molar-refractivity contribution >= 4 is 5.95 Å². The molecule has 1 atom stereocenters. The zero-order valence-electron chi connectivity index (χ0n) is 11.8. The first-order chi connectivity index (χ1) is 8.74. The fourth-order valence-corrected chi connectivity index (χ4v) is 2.88. The van der Waals surface area contributed by atoms with Crippen LogP contribution in [0.3, 0.4) is 0 Å². The van der Waals surface area contributed by atoms with E-state index in [4.69, 9.17) is 4.74 Å². The number of aromatic nitrogens is 2. The Morgan fingerprint density at radius 1 is 1.44 bits per heavy atom. The van der Waals surface area contributed by atoms with Gasteiger partial charge >= 0.3 is 0 Å². The van der Waals surface area contributed by atoms with Crippen molar-refractivity contribution in [2.75, 3.05) is 18.5 Å². The summed E-state index contributed by atoms with van der Waals surface area (Å²) in [5, 5.41) is 3.33. The second-order valence-electron chi connectivity index (χ2n) is 5.07.